The molecule has 0 fully saturated rings. The van der Waals surface area contributed by atoms with Gasteiger partial charge in [-0.15, -0.1) is 0 Å². The van der Waals surface area contributed by atoms with Crippen LogP contribution in [-0.2, 0) is 17.1 Å². The topological polar surface area (TPSA) is 114 Å². The summed E-state index contributed by atoms with van der Waals surface area (Å²) in [6, 6.07) is 1.35. The van der Waals surface area contributed by atoms with E-state index in [4.69, 9.17) is 5.11 Å². The maximum Gasteiger partial charge on any atom is 0.341 e. The van der Waals surface area contributed by atoms with Crippen LogP contribution in [0.3, 0.4) is 0 Å². The Morgan fingerprint density at radius 3 is 2.70 bits per heavy atom. The fourth-order valence-corrected chi connectivity index (χ4v) is 3.05. The molecule has 0 aliphatic heterocycles. The number of hydrogen-bond acceptors (Lipinski definition) is 5. The molecule has 2 heterocycles. The molecule has 0 radical (unpaired) electrons. The van der Waals surface area contributed by atoms with Gasteiger partial charge in [0.1, 0.15) is 10.5 Å². The number of nitrogens with zero attached hydrogens (tertiary/aromatic N) is 3. The number of carboxylic acids is 1. The lowest BCUT2D eigenvalue weighted by molar-refractivity contribution is 0.0698. The summed E-state index contributed by atoms with van der Waals surface area (Å²) in [6.07, 6.45) is 3.66. The van der Waals surface area contributed by atoms with Gasteiger partial charge in [0.2, 0.25) is 0 Å². The molecule has 20 heavy (non-hydrogen) atoms. The number of rotatable bonds is 4. The van der Waals surface area contributed by atoms with E-state index in [1.165, 1.54) is 19.3 Å². The van der Waals surface area contributed by atoms with E-state index in [1.807, 2.05) is 0 Å². The fourth-order valence-electron chi connectivity index (χ4n) is 1.44. The summed E-state index contributed by atoms with van der Waals surface area (Å²) in [5.41, 5.74) is -0.237. The second kappa shape index (κ2) is 5.21. The Bertz CT molecular complexity index is 771. The number of nitrogens with one attached hydrogen (secondary N) is 1. The van der Waals surface area contributed by atoms with Gasteiger partial charge in [0.25, 0.3) is 10.0 Å². The van der Waals surface area contributed by atoms with Gasteiger partial charge >= 0.3 is 5.97 Å². The van der Waals surface area contributed by atoms with E-state index in [-0.39, 0.29) is 16.3 Å². The highest BCUT2D eigenvalue weighted by atomic mass is 79.9. The molecule has 0 bridgehead atoms. The van der Waals surface area contributed by atoms with Crippen LogP contribution < -0.4 is 4.72 Å². The van der Waals surface area contributed by atoms with Crippen molar-refractivity contribution in [1.82, 2.24) is 14.8 Å². The fraction of sp³-hybridized carbons (Fsp3) is 0.100. The first-order valence-electron chi connectivity index (χ1n) is 5.20. The molecule has 106 valence electrons. The minimum atomic E-state index is -3.95. The normalized spacial score (nSPS) is 11.3. The van der Waals surface area contributed by atoms with E-state index in [9.17, 15) is 13.2 Å². The van der Waals surface area contributed by atoms with Crippen molar-refractivity contribution in [3.8, 4) is 0 Å². The number of aryl methyl sites for hydroxylation is 1. The summed E-state index contributed by atoms with van der Waals surface area (Å²) in [6.45, 7) is 0. The monoisotopic (exact) mass is 360 g/mol. The van der Waals surface area contributed by atoms with Crippen LogP contribution in [0.25, 0.3) is 0 Å². The lowest BCUT2D eigenvalue weighted by Gasteiger charge is -2.09. The van der Waals surface area contributed by atoms with Crippen molar-refractivity contribution < 1.29 is 18.3 Å². The summed E-state index contributed by atoms with van der Waals surface area (Å²) >= 11 is 3.12. The average molecular weight is 361 g/mol. The highest BCUT2D eigenvalue weighted by Crippen LogP contribution is 2.20. The van der Waals surface area contributed by atoms with E-state index in [1.54, 1.807) is 0 Å². The third kappa shape index (κ3) is 2.80. The number of carboxylic acid groups (broad SMARTS) is 1. The van der Waals surface area contributed by atoms with Gasteiger partial charge in [0.05, 0.1) is 6.20 Å². The van der Waals surface area contributed by atoms with E-state index < -0.39 is 16.0 Å². The molecular formula is C10H9BrN4O4S. The van der Waals surface area contributed by atoms with E-state index >= 15 is 0 Å². The van der Waals surface area contributed by atoms with Crippen LogP contribution in [0.15, 0.2) is 34.0 Å². The zero-order chi connectivity index (χ0) is 14.9. The molecule has 0 aromatic carbocycles. The SMILES string of the molecule is Cn1ncc(C(=O)O)c1NS(=O)(=O)c1cncc(Br)c1. The molecule has 0 atom stereocenters. The number of sulfonamides is 1. The van der Waals surface area contributed by atoms with Crippen molar-refractivity contribution in [2.24, 2.45) is 7.05 Å². The summed E-state index contributed by atoms with van der Waals surface area (Å²) in [7, 11) is -2.52. The predicted molar refractivity (Wildman–Crippen MR) is 72.9 cm³/mol. The second-order valence-electron chi connectivity index (χ2n) is 3.78. The highest BCUT2D eigenvalue weighted by molar-refractivity contribution is 9.10. The molecular weight excluding hydrogens is 352 g/mol. The molecule has 2 aromatic rings. The van der Waals surface area contributed by atoms with Gasteiger partial charge in [-0.25, -0.2) is 13.2 Å². The first kappa shape index (κ1) is 14.5. The smallest absolute Gasteiger partial charge is 0.341 e. The van der Waals surface area contributed by atoms with Crippen LogP contribution in [0.4, 0.5) is 5.82 Å². The molecule has 0 amide bonds. The van der Waals surface area contributed by atoms with Gasteiger partial charge in [-0.1, -0.05) is 0 Å². The van der Waals surface area contributed by atoms with Gasteiger partial charge in [0, 0.05) is 23.9 Å². The molecule has 10 heteroatoms. The van der Waals surface area contributed by atoms with Crippen LogP contribution in [0.1, 0.15) is 10.4 Å². The standard InChI is InChI=1S/C10H9BrN4O4S/c1-15-9(8(5-13-15)10(16)17)14-20(18,19)7-2-6(11)3-12-4-7/h2-5,14H,1H3,(H,16,17). The third-order valence-electron chi connectivity index (χ3n) is 2.39. The van der Waals surface area contributed by atoms with Crippen molar-refractivity contribution in [3.63, 3.8) is 0 Å². The largest absolute Gasteiger partial charge is 0.477 e. The second-order valence-corrected chi connectivity index (χ2v) is 6.38. The number of aromatic nitrogens is 3. The van der Waals surface area contributed by atoms with Crippen molar-refractivity contribution >= 4 is 37.7 Å². The summed E-state index contributed by atoms with van der Waals surface area (Å²) in [4.78, 5) is 14.7. The van der Waals surface area contributed by atoms with Crippen LogP contribution in [-0.4, -0.2) is 34.3 Å². The number of anilines is 1. The number of halogens is 1. The Balaban J connectivity index is 2.44. The van der Waals surface area contributed by atoms with Crippen LogP contribution in [0, 0.1) is 0 Å². The number of hydrogen-bond donors (Lipinski definition) is 2. The summed E-state index contributed by atoms with van der Waals surface area (Å²) < 4.78 is 28.2. The molecule has 2 rings (SSSR count). The van der Waals surface area contributed by atoms with Crippen LogP contribution in [0.5, 0.6) is 0 Å². The number of aromatic carboxylic acids is 1. The first-order valence-corrected chi connectivity index (χ1v) is 7.47. The van der Waals surface area contributed by atoms with Gasteiger partial charge in [-0.05, 0) is 22.0 Å². The third-order valence-corrected chi connectivity index (χ3v) is 4.13. The highest BCUT2D eigenvalue weighted by Gasteiger charge is 2.22. The van der Waals surface area contributed by atoms with Crippen molar-refractivity contribution in [3.05, 3.63) is 34.7 Å². The average Bonchev–Trinajstić information content (AvgIpc) is 2.71. The molecule has 0 unspecified atom stereocenters. The molecule has 0 aliphatic rings. The Morgan fingerprint density at radius 2 is 2.10 bits per heavy atom. The van der Waals surface area contributed by atoms with Crippen LogP contribution in [0.2, 0.25) is 0 Å². The van der Waals surface area contributed by atoms with E-state index in [2.05, 4.69) is 30.7 Å². The van der Waals surface area contributed by atoms with Gasteiger partial charge in [-0.2, -0.15) is 5.10 Å². The van der Waals surface area contributed by atoms with Gasteiger partial charge in [-0.3, -0.25) is 14.4 Å². The zero-order valence-corrected chi connectivity index (χ0v) is 12.5. The van der Waals surface area contributed by atoms with Crippen molar-refractivity contribution in [2.45, 2.75) is 4.90 Å². The minimum absolute atomic E-state index is 0.0931. The maximum atomic E-state index is 12.2. The Labute approximate surface area is 122 Å². The minimum Gasteiger partial charge on any atom is -0.477 e. The quantitative estimate of drug-likeness (QED) is 0.842. The molecule has 2 aromatic heterocycles. The summed E-state index contributed by atoms with van der Waals surface area (Å²) in [5.74, 6) is -1.40. The van der Waals surface area contributed by atoms with Crippen LogP contribution >= 0.6 is 15.9 Å². The van der Waals surface area contributed by atoms with Crippen molar-refractivity contribution in [2.75, 3.05) is 4.72 Å². The Hall–Kier alpha value is -1.94. The maximum absolute atomic E-state index is 12.2. The Morgan fingerprint density at radius 1 is 1.40 bits per heavy atom. The van der Waals surface area contributed by atoms with Crippen molar-refractivity contribution in [1.29, 1.82) is 0 Å². The lowest BCUT2D eigenvalue weighted by Crippen LogP contribution is -2.17. The lowest BCUT2D eigenvalue weighted by atomic mass is 10.3. The predicted octanol–water partition coefficient (Wildman–Crippen LogP) is 1.08. The van der Waals surface area contributed by atoms with Gasteiger partial charge in [0.15, 0.2) is 5.82 Å². The molecule has 0 saturated carbocycles. The van der Waals surface area contributed by atoms with Gasteiger partial charge < -0.3 is 5.11 Å². The number of carbonyl (C=O) groups is 1. The first-order chi connectivity index (χ1) is 9.31. The molecule has 8 nitrogen and oxygen atoms in total. The molecule has 2 N–H and O–H groups in total. The zero-order valence-electron chi connectivity index (χ0n) is 10.1. The van der Waals surface area contributed by atoms with E-state index in [0.717, 1.165) is 17.1 Å². The Kier molecular flexibility index (Phi) is 3.77. The molecule has 0 aliphatic carbocycles. The van der Waals surface area contributed by atoms with E-state index in [0.29, 0.717) is 4.47 Å². The molecule has 0 spiro atoms. The molecule has 0 saturated heterocycles. The number of pyridine rings is 1. The summed E-state index contributed by atoms with van der Waals surface area (Å²) in [5, 5.41) is 12.7.